The second-order valence-corrected chi connectivity index (χ2v) is 15.8. The average molecular weight is 786 g/mol. The number of rotatable bonds is 17. The van der Waals surface area contributed by atoms with Crippen LogP contribution in [-0.2, 0) is 26.0 Å². The molecule has 0 radical (unpaired) electrons. The number of sulfonamides is 1. The third-order valence-corrected chi connectivity index (χ3v) is 10.1. The van der Waals surface area contributed by atoms with Gasteiger partial charge < -0.3 is 26.6 Å². The van der Waals surface area contributed by atoms with Crippen molar-refractivity contribution in [3.63, 3.8) is 0 Å². The second kappa shape index (κ2) is 18.8. The number of amides is 4. The number of nitrogens with one attached hydrogen (secondary N) is 5. The number of likely N-dealkylation sites (N-methyl/N-ethyl adjacent to an activating group) is 1. The van der Waals surface area contributed by atoms with Gasteiger partial charge in [-0.25, -0.2) is 8.42 Å². The third kappa shape index (κ3) is 12.5. The lowest BCUT2D eigenvalue weighted by atomic mass is 10.0. The van der Waals surface area contributed by atoms with Gasteiger partial charge in [0.05, 0.1) is 24.0 Å². The van der Waals surface area contributed by atoms with E-state index in [4.69, 9.17) is 0 Å². The number of carbonyl (C=O) groups is 4. The molecule has 3 rings (SSSR count). The summed E-state index contributed by atoms with van der Waals surface area (Å²) in [6.07, 6.45) is 1.44. The Labute approximate surface area is 309 Å². The Kier molecular flexibility index (Phi) is 15.2. The number of halogens is 1. The van der Waals surface area contributed by atoms with Gasteiger partial charge >= 0.3 is 0 Å². The lowest BCUT2D eigenvalue weighted by molar-refractivity contribution is -0.130. The molecule has 51 heavy (non-hydrogen) atoms. The number of hydrogen-bond donors (Lipinski definition) is 5. The van der Waals surface area contributed by atoms with Crippen LogP contribution in [0.1, 0.15) is 72.5 Å². The molecule has 0 aliphatic carbocycles. The molecule has 0 spiro atoms. The SMILES string of the molecule is CCNC(=O)[C@@H](NC(=O)[C@H](C)NC[C@H](Cc1ccccc1)NC(=O)c1cc(C(=O)N[C@H](C)c2ccc(Br)cc2)cc(N(C)S(C)(=O)=O)c1)C(C)C. The van der Waals surface area contributed by atoms with Crippen molar-refractivity contribution in [2.45, 2.75) is 65.2 Å². The highest BCUT2D eigenvalue weighted by Crippen LogP contribution is 2.23. The minimum Gasteiger partial charge on any atom is -0.355 e. The molecule has 3 aromatic rings. The predicted molar refractivity (Wildman–Crippen MR) is 204 cm³/mol. The normalized spacial score (nSPS) is 13.7. The second-order valence-electron chi connectivity index (χ2n) is 12.9. The van der Waals surface area contributed by atoms with Crippen molar-refractivity contribution < 1.29 is 27.6 Å². The van der Waals surface area contributed by atoms with Gasteiger partial charge in [-0.15, -0.1) is 0 Å². The number of hydrogen-bond acceptors (Lipinski definition) is 7. The fraction of sp³-hybridized carbons (Fsp3) is 0.405. The Bertz CT molecular complexity index is 1770. The summed E-state index contributed by atoms with van der Waals surface area (Å²) in [4.78, 5) is 53.0. The highest BCUT2D eigenvalue weighted by molar-refractivity contribution is 9.10. The summed E-state index contributed by atoms with van der Waals surface area (Å²) in [6, 6.07) is 18.9. The van der Waals surface area contributed by atoms with Crippen LogP contribution in [0.15, 0.2) is 77.3 Å². The van der Waals surface area contributed by atoms with Gasteiger partial charge in [0.25, 0.3) is 11.8 Å². The van der Waals surface area contributed by atoms with Crippen LogP contribution in [0.4, 0.5) is 5.69 Å². The zero-order valence-corrected chi connectivity index (χ0v) is 32.5. The first-order valence-corrected chi connectivity index (χ1v) is 19.5. The van der Waals surface area contributed by atoms with Crippen molar-refractivity contribution in [1.29, 1.82) is 0 Å². The van der Waals surface area contributed by atoms with E-state index in [9.17, 15) is 27.6 Å². The largest absolute Gasteiger partial charge is 0.355 e. The quantitative estimate of drug-likeness (QED) is 0.138. The molecule has 14 heteroatoms. The molecular weight excluding hydrogens is 736 g/mol. The lowest BCUT2D eigenvalue weighted by Crippen LogP contribution is -2.55. The summed E-state index contributed by atoms with van der Waals surface area (Å²) >= 11 is 3.41. The van der Waals surface area contributed by atoms with E-state index in [1.807, 2.05) is 82.3 Å². The maximum Gasteiger partial charge on any atom is 0.251 e. The Balaban J connectivity index is 1.87. The molecule has 0 saturated heterocycles. The van der Waals surface area contributed by atoms with Crippen LogP contribution < -0.4 is 30.9 Å². The average Bonchev–Trinajstić information content (AvgIpc) is 3.08. The maximum absolute atomic E-state index is 13.9. The zero-order chi connectivity index (χ0) is 37.9. The molecule has 4 amide bonds. The molecule has 12 nitrogen and oxygen atoms in total. The van der Waals surface area contributed by atoms with Crippen molar-refractivity contribution >= 4 is 55.3 Å². The summed E-state index contributed by atoms with van der Waals surface area (Å²) in [6.45, 7) is 9.64. The molecule has 0 saturated carbocycles. The maximum atomic E-state index is 13.9. The van der Waals surface area contributed by atoms with Gasteiger partial charge in [-0.2, -0.15) is 0 Å². The van der Waals surface area contributed by atoms with Crippen LogP contribution in [0, 0.1) is 5.92 Å². The Hall–Kier alpha value is -4.27. The van der Waals surface area contributed by atoms with Gasteiger partial charge in [-0.1, -0.05) is 72.2 Å². The van der Waals surface area contributed by atoms with E-state index in [0.29, 0.717) is 13.0 Å². The minimum atomic E-state index is -3.73. The monoisotopic (exact) mass is 784 g/mol. The topological polar surface area (TPSA) is 166 Å². The van der Waals surface area contributed by atoms with Crippen molar-refractivity contribution in [2.24, 2.45) is 5.92 Å². The Morgan fingerprint density at radius 3 is 1.94 bits per heavy atom. The molecule has 0 heterocycles. The summed E-state index contributed by atoms with van der Waals surface area (Å²) in [5, 5.41) is 14.7. The molecule has 0 aliphatic heterocycles. The van der Waals surface area contributed by atoms with Crippen LogP contribution >= 0.6 is 15.9 Å². The lowest BCUT2D eigenvalue weighted by Gasteiger charge is -2.25. The first-order chi connectivity index (χ1) is 24.0. The molecule has 0 aromatic heterocycles. The van der Waals surface area contributed by atoms with Gasteiger partial charge in [0.2, 0.25) is 21.8 Å². The van der Waals surface area contributed by atoms with E-state index >= 15 is 0 Å². The van der Waals surface area contributed by atoms with E-state index in [1.54, 1.807) is 6.92 Å². The van der Waals surface area contributed by atoms with E-state index in [-0.39, 0.29) is 47.1 Å². The van der Waals surface area contributed by atoms with E-state index in [0.717, 1.165) is 26.2 Å². The van der Waals surface area contributed by atoms with Crippen LogP contribution in [0.5, 0.6) is 0 Å². The Morgan fingerprint density at radius 1 is 0.804 bits per heavy atom. The molecule has 4 atom stereocenters. The Morgan fingerprint density at radius 2 is 1.39 bits per heavy atom. The molecule has 0 aliphatic rings. The van der Waals surface area contributed by atoms with E-state index < -0.39 is 40.0 Å². The molecule has 0 bridgehead atoms. The fourth-order valence-electron chi connectivity index (χ4n) is 5.21. The van der Waals surface area contributed by atoms with Gasteiger partial charge in [-0.3, -0.25) is 23.5 Å². The van der Waals surface area contributed by atoms with Crippen molar-refractivity contribution in [3.8, 4) is 0 Å². The number of benzene rings is 3. The van der Waals surface area contributed by atoms with Crippen molar-refractivity contribution in [3.05, 3.63) is 99.5 Å². The first-order valence-electron chi connectivity index (χ1n) is 16.8. The molecule has 3 aromatic carbocycles. The number of carbonyl (C=O) groups excluding carboxylic acids is 4. The smallest absolute Gasteiger partial charge is 0.251 e. The van der Waals surface area contributed by atoms with Crippen molar-refractivity contribution in [2.75, 3.05) is 30.7 Å². The van der Waals surface area contributed by atoms with E-state index in [2.05, 4.69) is 42.5 Å². The number of anilines is 1. The first kappa shape index (κ1) is 41.2. The summed E-state index contributed by atoms with van der Waals surface area (Å²) in [7, 11) is -2.38. The zero-order valence-electron chi connectivity index (χ0n) is 30.1. The molecule has 0 unspecified atom stereocenters. The standard InChI is InChI=1S/C37H49BrN6O6S/c1-8-39-37(48)33(23(2)3)43-34(45)25(5)40-22-31(18-26-12-10-9-11-13-26)42-36(47)29-19-28(20-32(21-29)44(6)51(7,49)50)35(46)41-24(4)27-14-16-30(38)17-15-27/h9-17,19-21,23-25,31,33,40H,8,18,22H2,1-7H3,(H,39,48)(H,41,46)(H,42,47)(H,43,45)/t24-,25+,31+,33+/m1/s1. The summed E-state index contributed by atoms with van der Waals surface area (Å²) < 4.78 is 26.9. The van der Waals surface area contributed by atoms with Gasteiger partial charge in [0.1, 0.15) is 6.04 Å². The molecule has 276 valence electrons. The number of nitrogens with zero attached hydrogens (tertiary/aromatic N) is 1. The van der Waals surface area contributed by atoms with Crippen LogP contribution in [0.2, 0.25) is 0 Å². The minimum absolute atomic E-state index is 0.0787. The predicted octanol–water partition coefficient (Wildman–Crippen LogP) is 3.93. The fourth-order valence-corrected chi connectivity index (χ4v) is 5.96. The molecule has 5 N–H and O–H groups in total. The molecular formula is C37H49BrN6O6S. The van der Waals surface area contributed by atoms with E-state index in [1.165, 1.54) is 25.2 Å². The third-order valence-electron chi connectivity index (χ3n) is 8.34. The summed E-state index contributed by atoms with van der Waals surface area (Å²) in [5.41, 5.74) is 2.12. The van der Waals surface area contributed by atoms with Crippen molar-refractivity contribution in [1.82, 2.24) is 26.6 Å². The molecule has 0 fully saturated rings. The van der Waals surface area contributed by atoms with Crippen LogP contribution in [-0.4, -0.2) is 76.6 Å². The van der Waals surface area contributed by atoms with Gasteiger partial charge in [0, 0.05) is 41.8 Å². The van der Waals surface area contributed by atoms with Crippen LogP contribution in [0.3, 0.4) is 0 Å². The highest BCUT2D eigenvalue weighted by atomic mass is 79.9. The highest BCUT2D eigenvalue weighted by Gasteiger charge is 2.27. The summed E-state index contributed by atoms with van der Waals surface area (Å²) in [5.74, 6) is -1.79. The van der Waals surface area contributed by atoms with Gasteiger partial charge in [0.15, 0.2) is 0 Å². The van der Waals surface area contributed by atoms with Crippen LogP contribution in [0.25, 0.3) is 0 Å². The van der Waals surface area contributed by atoms with Gasteiger partial charge in [-0.05, 0) is 74.6 Å².